The molecule has 2 aromatic rings. The van der Waals surface area contributed by atoms with E-state index in [2.05, 4.69) is 5.32 Å². The van der Waals surface area contributed by atoms with E-state index in [0.29, 0.717) is 5.75 Å². The van der Waals surface area contributed by atoms with Crippen LogP contribution in [-0.4, -0.2) is 23.3 Å². The molecule has 21 heavy (non-hydrogen) atoms. The van der Waals surface area contributed by atoms with Crippen molar-refractivity contribution in [1.82, 2.24) is 5.32 Å². The van der Waals surface area contributed by atoms with Crippen molar-refractivity contribution in [2.75, 3.05) is 12.3 Å². The van der Waals surface area contributed by atoms with Crippen molar-refractivity contribution in [1.29, 1.82) is 0 Å². The highest BCUT2D eigenvalue weighted by atomic mass is 35.5. The molecule has 0 bridgehead atoms. The van der Waals surface area contributed by atoms with Crippen LogP contribution in [-0.2, 0) is 10.5 Å². The van der Waals surface area contributed by atoms with Gasteiger partial charge in [0.25, 0.3) is 0 Å². The van der Waals surface area contributed by atoms with Gasteiger partial charge in [-0.25, -0.2) is 0 Å². The number of aliphatic hydroxyl groups is 1. The van der Waals surface area contributed by atoms with E-state index in [1.54, 1.807) is 0 Å². The molecule has 0 fully saturated rings. The van der Waals surface area contributed by atoms with E-state index in [1.807, 2.05) is 42.5 Å². The van der Waals surface area contributed by atoms with Gasteiger partial charge in [0.2, 0.25) is 5.91 Å². The SMILES string of the molecule is O=C(CSCc1ccc(Cl)s1)NCC(O)c1ccccc1. The molecule has 0 aliphatic carbocycles. The van der Waals surface area contributed by atoms with Crippen LogP contribution in [0.1, 0.15) is 16.5 Å². The number of hydrogen-bond donors (Lipinski definition) is 2. The lowest BCUT2D eigenvalue weighted by Gasteiger charge is -2.12. The summed E-state index contributed by atoms with van der Waals surface area (Å²) in [7, 11) is 0. The van der Waals surface area contributed by atoms with Gasteiger partial charge in [-0.05, 0) is 17.7 Å². The van der Waals surface area contributed by atoms with Gasteiger partial charge in [0.15, 0.2) is 0 Å². The number of benzene rings is 1. The highest BCUT2D eigenvalue weighted by Gasteiger charge is 2.09. The quantitative estimate of drug-likeness (QED) is 0.810. The summed E-state index contributed by atoms with van der Waals surface area (Å²) in [5.41, 5.74) is 0.804. The fraction of sp³-hybridized carbons (Fsp3) is 0.267. The van der Waals surface area contributed by atoms with E-state index in [0.717, 1.165) is 20.5 Å². The standard InChI is InChI=1S/C15H16ClNO2S2/c16-14-7-6-12(21-14)9-20-10-15(19)17-8-13(18)11-4-2-1-3-5-11/h1-7,13,18H,8-10H2,(H,17,19). The Kier molecular flexibility index (Phi) is 6.57. The summed E-state index contributed by atoms with van der Waals surface area (Å²) in [4.78, 5) is 12.9. The zero-order valence-electron chi connectivity index (χ0n) is 11.3. The number of carbonyl (C=O) groups is 1. The predicted octanol–water partition coefficient (Wildman–Crippen LogP) is 3.48. The fourth-order valence-electron chi connectivity index (χ4n) is 1.73. The first-order valence-electron chi connectivity index (χ1n) is 6.47. The minimum atomic E-state index is -0.670. The number of rotatable bonds is 7. The molecule has 1 aromatic carbocycles. The van der Waals surface area contributed by atoms with Crippen LogP contribution in [0.2, 0.25) is 4.34 Å². The van der Waals surface area contributed by atoms with Crippen LogP contribution in [0, 0.1) is 0 Å². The first-order chi connectivity index (χ1) is 10.1. The number of amides is 1. The Labute approximate surface area is 137 Å². The third-order valence-electron chi connectivity index (χ3n) is 2.78. The maximum atomic E-state index is 11.7. The second-order valence-corrected chi connectivity index (χ2v) is 7.21. The molecule has 1 heterocycles. The molecule has 1 atom stereocenters. The van der Waals surface area contributed by atoms with Gasteiger partial charge in [-0.15, -0.1) is 23.1 Å². The van der Waals surface area contributed by atoms with Gasteiger partial charge in [0, 0.05) is 17.2 Å². The molecule has 112 valence electrons. The Bertz CT molecular complexity index is 574. The predicted molar refractivity (Wildman–Crippen MR) is 89.9 cm³/mol. The Morgan fingerprint density at radius 3 is 2.71 bits per heavy atom. The summed E-state index contributed by atoms with van der Waals surface area (Å²) < 4.78 is 0.765. The van der Waals surface area contributed by atoms with Crippen LogP contribution < -0.4 is 5.32 Å². The summed E-state index contributed by atoms with van der Waals surface area (Å²) in [5, 5.41) is 12.7. The number of thiophene rings is 1. The number of carbonyl (C=O) groups excluding carboxylic acids is 1. The van der Waals surface area contributed by atoms with Crippen molar-refractivity contribution in [2.45, 2.75) is 11.9 Å². The minimum Gasteiger partial charge on any atom is -0.387 e. The highest BCUT2D eigenvalue weighted by Crippen LogP contribution is 2.25. The van der Waals surface area contributed by atoms with Gasteiger partial charge >= 0.3 is 0 Å². The molecule has 0 radical (unpaired) electrons. The first-order valence-corrected chi connectivity index (χ1v) is 8.82. The largest absolute Gasteiger partial charge is 0.387 e. The van der Waals surface area contributed by atoms with Crippen LogP contribution >= 0.6 is 34.7 Å². The van der Waals surface area contributed by atoms with Crippen LogP contribution in [0.5, 0.6) is 0 Å². The number of thioether (sulfide) groups is 1. The molecule has 0 saturated carbocycles. The zero-order valence-corrected chi connectivity index (χ0v) is 13.7. The van der Waals surface area contributed by atoms with Crippen molar-refractivity contribution >= 4 is 40.6 Å². The molecule has 0 aliphatic heterocycles. The van der Waals surface area contributed by atoms with Gasteiger partial charge in [0.05, 0.1) is 16.2 Å². The average Bonchev–Trinajstić information content (AvgIpc) is 2.91. The summed E-state index contributed by atoms with van der Waals surface area (Å²) >= 11 is 8.91. The van der Waals surface area contributed by atoms with Crippen molar-refractivity contribution < 1.29 is 9.90 Å². The Morgan fingerprint density at radius 2 is 2.05 bits per heavy atom. The molecular weight excluding hydrogens is 326 g/mol. The fourth-order valence-corrected chi connectivity index (χ4v) is 3.78. The highest BCUT2D eigenvalue weighted by molar-refractivity contribution is 7.99. The smallest absolute Gasteiger partial charge is 0.230 e. The average molecular weight is 342 g/mol. The van der Waals surface area contributed by atoms with Gasteiger partial charge in [-0.1, -0.05) is 41.9 Å². The topological polar surface area (TPSA) is 49.3 Å². The lowest BCUT2D eigenvalue weighted by atomic mass is 10.1. The minimum absolute atomic E-state index is 0.0716. The lowest BCUT2D eigenvalue weighted by molar-refractivity contribution is -0.119. The van der Waals surface area contributed by atoms with E-state index in [1.165, 1.54) is 23.1 Å². The van der Waals surface area contributed by atoms with E-state index >= 15 is 0 Å². The number of halogens is 1. The van der Waals surface area contributed by atoms with E-state index in [4.69, 9.17) is 11.6 Å². The molecule has 1 unspecified atom stereocenters. The zero-order chi connectivity index (χ0) is 15.1. The Hall–Kier alpha value is -1.01. The molecule has 2 rings (SSSR count). The van der Waals surface area contributed by atoms with Gasteiger partial charge in [-0.3, -0.25) is 4.79 Å². The summed E-state index contributed by atoms with van der Waals surface area (Å²) in [6.45, 7) is 0.230. The summed E-state index contributed by atoms with van der Waals surface area (Å²) in [6, 6.07) is 13.1. The lowest BCUT2D eigenvalue weighted by Crippen LogP contribution is -2.29. The molecule has 1 aromatic heterocycles. The summed E-state index contributed by atoms with van der Waals surface area (Å²) in [6.07, 6.45) is -0.670. The van der Waals surface area contributed by atoms with Crippen molar-refractivity contribution in [3.05, 3.63) is 57.2 Å². The number of nitrogens with one attached hydrogen (secondary N) is 1. The van der Waals surface area contributed by atoms with Crippen LogP contribution in [0.4, 0.5) is 0 Å². The first kappa shape index (κ1) is 16.4. The number of hydrogen-bond acceptors (Lipinski definition) is 4. The summed E-state index contributed by atoms with van der Waals surface area (Å²) in [5.74, 6) is 1.07. The molecule has 6 heteroatoms. The monoisotopic (exact) mass is 341 g/mol. The Morgan fingerprint density at radius 1 is 1.29 bits per heavy atom. The molecule has 3 nitrogen and oxygen atoms in total. The molecule has 2 N–H and O–H groups in total. The molecule has 0 aliphatic rings. The van der Waals surface area contributed by atoms with Crippen LogP contribution in [0.15, 0.2) is 42.5 Å². The normalized spacial score (nSPS) is 12.1. The second kappa shape index (κ2) is 8.44. The van der Waals surface area contributed by atoms with Gasteiger partial charge in [-0.2, -0.15) is 0 Å². The van der Waals surface area contributed by atoms with Crippen molar-refractivity contribution in [3.8, 4) is 0 Å². The molecule has 1 amide bonds. The van der Waals surface area contributed by atoms with Gasteiger partial charge < -0.3 is 10.4 Å². The molecule has 0 saturated heterocycles. The van der Waals surface area contributed by atoms with Crippen molar-refractivity contribution in [3.63, 3.8) is 0 Å². The maximum absolute atomic E-state index is 11.7. The van der Waals surface area contributed by atoms with Crippen LogP contribution in [0.25, 0.3) is 0 Å². The third-order valence-corrected chi connectivity index (χ3v) is 5.18. The molecule has 0 spiro atoms. The maximum Gasteiger partial charge on any atom is 0.230 e. The van der Waals surface area contributed by atoms with Gasteiger partial charge in [0.1, 0.15) is 0 Å². The van der Waals surface area contributed by atoms with E-state index in [9.17, 15) is 9.90 Å². The second-order valence-electron chi connectivity index (χ2n) is 4.43. The van der Waals surface area contributed by atoms with E-state index < -0.39 is 6.10 Å². The molecular formula is C15H16ClNO2S2. The Balaban J connectivity index is 1.65. The van der Waals surface area contributed by atoms with Crippen molar-refractivity contribution in [2.24, 2.45) is 0 Å². The van der Waals surface area contributed by atoms with Crippen LogP contribution in [0.3, 0.4) is 0 Å². The number of aliphatic hydroxyl groups excluding tert-OH is 1. The van der Waals surface area contributed by atoms with E-state index in [-0.39, 0.29) is 12.5 Å². The third kappa shape index (κ3) is 5.71.